The van der Waals surface area contributed by atoms with Crippen molar-refractivity contribution >= 4 is 29.3 Å². The third-order valence-electron chi connectivity index (χ3n) is 2.52. The predicted molar refractivity (Wildman–Crippen MR) is 87.2 cm³/mol. The van der Waals surface area contributed by atoms with Crippen molar-refractivity contribution in [3.8, 4) is 11.8 Å². The van der Waals surface area contributed by atoms with Crippen molar-refractivity contribution in [3.05, 3.63) is 46.4 Å². The number of hydrogen-bond acceptors (Lipinski definition) is 7. The van der Waals surface area contributed by atoms with Crippen LogP contribution in [0, 0.1) is 11.3 Å². The lowest BCUT2D eigenvalue weighted by molar-refractivity contribution is -0.134. The van der Waals surface area contributed by atoms with Gasteiger partial charge in [0, 0.05) is 11.8 Å². The Bertz CT molecular complexity index is 675. The van der Waals surface area contributed by atoms with Gasteiger partial charge in [-0.1, -0.05) is 11.8 Å². The molecule has 3 N–H and O–H groups in total. The van der Waals surface area contributed by atoms with Crippen molar-refractivity contribution in [1.29, 1.82) is 5.26 Å². The van der Waals surface area contributed by atoms with Crippen LogP contribution < -0.4 is 15.8 Å². The highest BCUT2D eigenvalue weighted by Gasteiger charge is 2.13. The first-order valence-corrected chi connectivity index (χ1v) is 7.16. The molecule has 0 saturated heterocycles. The number of carbonyl (C=O) groups is 2. The minimum Gasteiger partial charge on any atom is -0.497 e. The van der Waals surface area contributed by atoms with Gasteiger partial charge in [-0.2, -0.15) is 5.26 Å². The van der Waals surface area contributed by atoms with Gasteiger partial charge >= 0.3 is 5.97 Å². The lowest BCUT2D eigenvalue weighted by Gasteiger charge is -2.10. The molecule has 0 aliphatic carbocycles. The van der Waals surface area contributed by atoms with Gasteiger partial charge in [-0.05, 0) is 29.7 Å². The molecule has 0 fully saturated rings. The number of ether oxygens (including phenoxy) is 2. The molecule has 0 aromatic heterocycles. The highest BCUT2D eigenvalue weighted by molar-refractivity contribution is 8.06. The average molecular weight is 333 g/mol. The molecule has 0 aliphatic heterocycles. The van der Waals surface area contributed by atoms with Crippen LogP contribution in [0.25, 0.3) is 0 Å². The number of carbonyl (C=O) groups excluding carboxylic acids is 2. The van der Waals surface area contributed by atoms with Crippen LogP contribution in [0.15, 0.2) is 46.4 Å². The summed E-state index contributed by atoms with van der Waals surface area (Å²) in [4.78, 5) is 22.4. The SMILES string of the molecule is COC(=O)/C=C\S/C(Nc1ccc(OC)cc1)=C(/C#N)C(N)=O. The normalized spacial score (nSPS) is 11.3. The molecule has 1 rings (SSSR count). The average Bonchev–Trinajstić information content (AvgIpc) is 2.55. The van der Waals surface area contributed by atoms with Crippen molar-refractivity contribution in [3.63, 3.8) is 0 Å². The quantitative estimate of drug-likeness (QED) is 0.444. The number of anilines is 1. The van der Waals surface area contributed by atoms with Crippen molar-refractivity contribution in [2.45, 2.75) is 0 Å². The summed E-state index contributed by atoms with van der Waals surface area (Å²) in [7, 11) is 2.79. The summed E-state index contributed by atoms with van der Waals surface area (Å²) in [5.41, 5.74) is 5.57. The number of nitrogens with zero attached hydrogens (tertiary/aromatic N) is 1. The Morgan fingerprint density at radius 2 is 1.96 bits per heavy atom. The number of rotatable bonds is 7. The van der Waals surface area contributed by atoms with E-state index in [-0.39, 0.29) is 10.6 Å². The maximum Gasteiger partial charge on any atom is 0.330 e. The molecule has 8 heteroatoms. The van der Waals surface area contributed by atoms with E-state index < -0.39 is 11.9 Å². The zero-order chi connectivity index (χ0) is 17.2. The molecule has 23 heavy (non-hydrogen) atoms. The molecule has 0 spiro atoms. The molecule has 120 valence electrons. The maximum absolute atomic E-state index is 11.4. The second kappa shape index (κ2) is 9.17. The van der Waals surface area contributed by atoms with Gasteiger partial charge in [0.05, 0.1) is 14.2 Å². The van der Waals surface area contributed by atoms with Crippen LogP contribution in [-0.2, 0) is 14.3 Å². The molecule has 1 aromatic carbocycles. The number of benzene rings is 1. The number of nitriles is 1. The van der Waals surface area contributed by atoms with Gasteiger partial charge in [0.2, 0.25) is 0 Å². The van der Waals surface area contributed by atoms with Gasteiger partial charge in [0.15, 0.2) is 0 Å². The monoisotopic (exact) mass is 333 g/mol. The summed E-state index contributed by atoms with van der Waals surface area (Å²) in [6.45, 7) is 0. The molecule has 1 aromatic rings. The Morgan fingerprint density at radius 3 is 2.43 bits per heavy atom. The summed E-state index contributed by atoms with van der Waals surface area (Å²) in [5, 5.41) is 13.6. The van der Waals surface area contributed by atoms with Gasteiger partial charge in [0.25, 0.3) is 5.91 Å². The standard InChI is InChI=1S/C15H15N3O4S/c1-21-11-5-3-10(4-6-11)18-15(12(9-16)14(17)20)23-8-7-13(19)22-2/h3-8,18H,1-2H3,(H2,17,20)/b8-7-,15-12-. The number of hydrogen-bond donors (Lipinski definition) is 2. The first-order chi connectivity index (χ1) is 11.0. The Hall–Kier alpha value is -2.92. The smallest absolute Gasteiger partial charge is 0.330 e. The lowest BCUT2D eigenvalue weighted by Crippen LogP contribution is -2.16. The minimum absolute atomic E-state index is 0.199. The van der Waals surface area contributed by atoms with E-state index in [1.165, 1.54) is 12.5 Å². The van der Waals surface area contributed by atoms with E-state index >= 15 is 0 Å². The molecule has 0 aliphatic rings. The van der Waals surface area contributed by atoms with Crippen molar-refractivity contribution < 1.29 is 19.1 Å². The molecule has 1 amide bonds. The first-order valence-electron chi connectivity index (χ1n) is 6.28. The van der Waals surface area contributed by atoms with Gasteiger partial charge in [-0.15, -0.1) is 0 Å². The van der Waals surface area contributed by atoms with Crippen LogP contribution >= 0.6 is 11.8 Å². The zero-order valence-corrected chi connectivity index (χ0v) is 13.3. The molecule has 0 saturated carbocycles. The second-order valence-electron chi connectivity index (χ2n) is 3.98. The molecular weight excluding hydrogens is 318 g/mol. The van der Waals surface area contributed by atoms with Crippen molar-refractivity contribution in [2.75, 3.05) is 19.5 Å². The van der Waals surface area contributed by atoms with E-state index in [1.54, 1.807) is 37.4 Å². The summed E-state index contributed by atoms with van der Waals surface area (Å²) < 4.78 is 9.51. The fraction of sp³-hybridized carbons (Fsp3) is 0.133. The molecule has 7 nitrogen and oxygen atoms in total. The molecular formula is C15H15N3O4S. The molecule has 0 bridgehead atoms. The van der Waals surface area contributed by atoms with E-state index in [0.717, 1.165) is 17.8 Å². The van der Waals surface area contributed by atoms with E-state index in [0.29, 0.717) is 11.4 Å². The first kappa shape index (κ1) is 18.1. The molecule has 0 heterocycles. The number of esters is 1. The van der Waals surface area contributed by atoms with Gasteiger partial charge in [-0.25, -0.2) is 4.79 Å². The molecule has 0 radical (unpaired) electrons. The lowest BCUT2D eigenvalue weighted by atomic mass is 10.3. The molecule has 0 unspecified atom stereocenters. The molecule has 0 atom stereocenters. The van der Waals surface area contributed by atoms with Gasteiger partial charge < -0.3 is 20.5 Å². The van der Waals surface area contributed by atoms with Gasteiger partial charge in [-0.3, -0.25) is 4.79 Å². The topological polar surface area (TPSA) is 114 Å². The van der Waals surface area contributed by atoms with E-state index in [9.17, 15) is 9.59 Å². The van der Waals surface area contributed by atoms with Crippen LogP contribution in [0.1, 0.15) is 0 Å². The summed E-state index contributed by atoms with van der Waals surface area (Å²) in [5.74, 6) is -0.768. The highest BCUT2D eigenvalue weighted by Crippen LogP contribution is 2.25. The minimum atomic E-state index is -0.873. The predicted octanol–water partition coefficient (Wildman–Crippen LogP) is 1.75. The maximum atomic E-state index is 11.4. The Kier molecular flexibility index (Phi) is 7.23. The van der Waals surface area contributed by atoms with Crippen molar-refractivity contribution in [1.82, 2.24) is 0 Å². The van der Waals surface area contributed by atoms with Crippen LogP contribution in [-0.4, -0.2) is 26.1 Å². The fourth-order valence-corrected chi connectivity index (χ4v) is 2.16. The van der Waals surface area contributed by atoms with Crippen LogP contribution in [0.3, 0.4) is 0 Å². The number of nitrogens with two attached hydrogens (primary N) is 1. The van der Waals surface area contributed by atoms with E-state index in [4.69, 9.17) is 15.7 Å². The summed E-state index contributed by atoms with van der Waals surface area (Å²) >= 11 is 0.964. The largest absolute Gasteiger partial charge is 0.497 e. The highest BCUT2D eigenvalue weighted by atomic mass is 32.2. The van der Waals surface area contributed by atoms with E-state index in [1.807, 2.05) is 0 Å². The van der Waals surface area contributed by atoms with Gasteiger partial charge in [0.1, 0.15) is 22.4 Å². The van der Waals surface area contributed by atoms with Crippen LogP contribution in [0.4, 0.5) is 5.69 Å². The number of primary amides is 1. The summed E-state index contributed by atoms with van der Waals surface area (Å²) in [6.07, 6.45) is 1.16. The third kappa shape index (κ3) is 5.76. The Morgan fingerprint density at radius 1 is 1.30 bits per heavy atom. The summed E-state index contributed by atoms with van der Waals surface area (Å²) in [6, 6.07) is 8.59. The Labute approximate surface area is 137 Å². The zero-order valence-electron chi connectivity index (χ0n) is 12.5. The number of methoxy groups -OCH3 is 2. The Balaban J connectivity index is 3.04. The number of thioether (sulfide) groups is 1. The number of amides is 1. The fourth-order valence-electron chi connectivity index (χ4n) is 1.40. The second-order valence-corrected chi connectivity index (χ2v) is 4.89. The van der Waals surface area contributed by atoms with Crippen molar-refractivity contribution in [2.24, 2.45) is 5.73 Å². The third-order valence-corrected chi connectivity index (χ3v) is 3.34. The van der Waals surface area contributed by atoms with E-state index in [2.05, 4.69) is 10.1 Å². The van der Waals surface area contributed by atoms with Crippen LogP contribution in [0.5, 0.6) is 5.75 Å². The number of nitrogens with one attached hydrogen (secondary N) is 1. The van der Waals surface area contributed by atoms with Crippen LogP contribution in [0.2, 0.25) is 0 Å².